The van der Waals surface area contributed by atoms with E-state index >= 15 is 0 Å². The second-order valence-corrected chi connectivity index (χ2v) is 13.4. The molecule has 4 aliphatic carbocycles. The molecule has 6 aliphatic rings. The first-order valence-corrected chi connectivity index (χ1v) is 14.7. The van der Waals surface area contributed by atoms with Crippen molar-refractivity contribution in [3.63, 3.8) is 0 Å². The molecule has 11 heteroatoms. The standard InChI is InChI=1S/C29H42O11/c1-27-6-5-17-18(29(27,37)21(32)10-19(27)14-8-22(33)38-12-14)3-2-15-9-16(4-7-28(15,17)13-31)39-26-25(36)24(35)23(34)20(11-30)40-26/h8,13,15-21,23-26,30,32,34-37H,2-7,9-12H2,1H3/t15-,16-,17-,18+,19+,20+,21+,23+,24-,25+,26+,27+,28+,29+/m0/s1. The number of cyclic esters (lactones) is 1. The van der Waals surface area contributed by atoms with Gasteiger partial charge in [0.05, 0.1) is 24.4 Å². The summed E-state index contributed by atoms with van der Waals surface area (Å²) in [4.78, 5) is 24.8. The Morgan fingerprint density at radius 2 is 1.80 bits per heavy atom. The van der Waals surface area contributed by atoms with Crippen LogP contribution in [-0.4, -0.2) is 105 Å². The number of ether oxygens (including phenoxy) is 3. The number of aldehydes is 1. The second kappa shape index (κ2) is 10.1. The smallest absolute Gasteiger partial charge is 0.331 e. The van der Waals surface area contributed by atoms with Crippen LogP contribution in [0.5, 0.6) is 0 Å². The van der Waals surface area contributed by atoms with Crippen LogP contribution in [0.25, 0.3) is 0 Å². The average Bonchev–Trinajstić information content (AvgIpc) is 3.47. The summed E-state index contributed by atoms with van der Waals surface area (Å²) < 4.78 is 16.8. The highest BCUT2D eigenvalue weighted by Gasteiger charge is 2.72. The van der Waals surface area contributed by atoms with E-state index in [-0.39, 0.29) is 42.4 Å². The van der Waals surface area contributed by atoms with E-state index in [1.807, 2.05) is 6.92 Å². The van der Waals surface area contributed by atoms with E-state index < -0.39 is 59.8 Å². The maximum absolute atomic E-state index is 12.9. The van der Waals surface area contributed by atoms with Gasteiger partial charge in [-0.15, -0.1) is 0 Å². The zero-order valence-corrected chi connectivity index (χ0v) is 22.8. The van der Waals surface area contributed by atoms with Gasteiger partial charge in [0.2, 0.25) is 0 Å². The van der Waals surface area contributed by atoms with Crippen LogP contribution in [0.1, 0.15) is 58.3 Å². The Labute approximate surface area is 233 Å². The molecule has 0 radical (unpaired) electrons. The molecule has 1 saturated heterocycles. The van der Waals surface area contributed by atoms with Crippen LogP contribution < -0.4 is 0 Å². The van der Waals surface area contributed by atoms with E-state index in [4.69, 9.17) is 14.2 Å². The van der Waals surface area contributed by atoms with Crippen molar-refractivity contribution in [3.8, 4) is 0 Å². The van der Waals surface area contributed by atoms with Crippen molar-refractivity contribution in [3.05, 3.63) is 11.6 Å². The minimum Gasteiger partial charge on any atom is -0.458 e. The molecule has 0 aromatic carbocycles. The van der Waals surface area contributed by atoms with Gasteiger partial charge in [-0.25, -0.2) is 4.79 Å². The van der Waals surface area contributed by atoms with Crippen LogP contribution in [-0.2, 0) is 23.8 Å². The molecule has 224 valence electrons. The highest BCUT2D eigenvalue weighted by Crippen LogP contribution is 2.69. The van der Waals surface area contributed by atoms with Crippen LogP contribution in [0, 0.1) is 34.5 Å². The lowest BCUT2D eigenvalue weighted by atomic mass is 9.43. The first-order valence-electron chi connectivity index (χ1n) is 14.7. The van der Waals surface area contributed by atoms with Crippen molar-refractivity contribution in [2.45, 2.75) is 107 Å². The lowest BCUT2D eigenvalue weighted by Gasteiger charge is -2.63. The molecule has 0 bridgehead atoms. The van der Waals surface area contributed by atoms with Gasteiger partial charge in [-0.3, -0.25) is 0 Å². The number of rotatable bonds is 5. The minimum absolute atomic E-state index is 0.0271. The first kappa shape index (κ1) is 28.7. The normalized spacial score (nSPS) is 54.1. The maximum atomic E-state index is 12.9. The fraction of sp³-hybridized carbons (Fsp3) is 0.862. The molecule has 6 rings (SSSR count). The number of esters is 1. The molecule has 14 atom stereocenters. The SMILES string of the molecule is C[C@]12CC[C@H]3[C@@H](CC[C@H]4C[C@@H](O[C@@H]5O[C@H](CO)[C@@H](O)[C@H](O)[C@H]5O)CC[C@@]43C=O)[C@@]1(O)[C@H](O)C[C@@H]2C1=CC(=O)OC1. The number of hydrogen-bond donors (Lipinski definition) is 6. The predicted octanol–water partition coefficient (Wildman–Crippen LogP) is -0.422. The first-order chi connectivity index (χ1) is 19.0. The fourth-order valence-electron chi connectivity index (χ4n) is 9.81. The third kappa shape index (κ3) is 3.92. The number of fused-ring (bicyclic) bond motifs is 5. The van der Waals surface area contributed by atoms with Gasteiger partial charge >= 0.3 is 5.97 Å². The van der Waals surface area contributed by atoms with Crippen LogP contribution in [0.3, 0.4) is 0 Å². The fourth-order valence-corrected chi connectivity index (χ4v) is 9.81. The Bertz CT molecular complexity index is 1050. The summed E-state index contributed by atoms with van der Waals surface area (Å²) >= 11 is 0. The van der Waals surface area contributed by atoms with Crippen molar-refractivity contribution >= 4 is 12.3 Å². The Balaban J connectivity index is 1.21. The quantitative estimate of drug-likeness (QED) is 0.144. The van der Waals surface area contributed by atoms with Gasteiger partial charge in [-0.05, 0) is 80.6 Å². The van der Waals surface area contributed by atoms with Gasteiger partial charge in [-0.2, -0.15) is 0 Å². The average molecular weight is 567 g/mol. The van der Waals surface area contributed by atoms with Crippen LogP contribution >= 0.6 is 0 Å². The summed E-state index contributed by atoms with van der Waals surface area (Å²) in [6.07, 6.45) is -0.963. The van der Waals surface area contributed by atoms with Gasteiger partial charge in [0.1, 0.15) is 37.3 Å². The molecule has 4 saturated carbocycles. The van der Waals surface area contributed by atoms with Gasteiger partial charge in [0.25, 0.3) is 0 Å². The zero-order valence-electron chi connectivity index (χ0n) is 22.8. The Kier molecular flexibility index (Phi) is 7.23. The van der Waals surface area contributed by atoms with E-state index in [2.05, 4.69) is 0 Å². The number of carbonyl (C=O) groups is 2. The number of carbonyl (C=O) groups excluding carboxylic acids is 2. The molecular weight excluding hydrogens is 524 g/mol. The highest BCUT2D eigenvalue weighted by molar-refractivity contribution is 5.85. The summed E-state index contributed by atoms with van der Waals surface area (Å²) in [6, 6.07) is 0. The van der Waals surface area contributed by atoms with Crippen LogP contribution in [0.2, 0.25) is 0 Å². The molecule has 40 heavy (non-hydrogen) atoms. The topological polar surface area (TPSA) is 183 Å². The monoisotopic (exact) mass is 566 g/mol. The molecule has 2 heterocycles. The molecular formula is C29H42O11. The lowest BCUT2D eigenvalue weighted by molar-refractivity contribution is -0.316. The molecule has 6 N–H and O–H groups in total. The molecule has 2 aliphatic heterocycles. The molecule has 0 aromatic heterocycles. The Hall–Kier alpha value is -1.44. The van der Waals surface area contributed by atoms with Crippen molar-refractivity contribution < 1.29 is 54.4 Å². The van der Waals surface area contributed by atoms with Gasteiger partial charge < -0.3 is 49.6 Å². The molecule has 11 nitrogen and oxygen atoms in total. The molecule has 0 aromatic rings. The lowest BCUT2D eigenvalue weighted by Crippen LogP contribution is -2.66. The van der Waals surface area contributed by atoms with E-state index in [1.165, 1.54) is 6.08 Å². The Morgan fingerprint density at radius 3 is 2.48 bits per heavy atom. The van der Waals surface area contributed by atoms with E-state index in [1.54, 1.807) is 0 Å². The van der Waals surface area contributed by atoms with Crippen molar-refractivity contribution in [1.29, 1.82) is 0 Å². The van der Waals surface area contributed by atoms with Crippen molar-refractivity contribution in [1.82, 2.24) is 0 Å². The minimum atomic E-state index is -1.52. The number of aliphatic hydroxyl groups is 6. The summed E-state index contributed by atoms with van der Waals surface area (Å²) in [5, 5.41) is 63.9. The zero-order chi connectivity index (χ0) is 28.6. The number of hydrogen-bond acceptors (Lipinski definition) is 11. The number of aliphatic hydroxyl groups excluding tert-OH is 5. The second-order valence-electron chi connectivity index (χ2n) is 13.4. The molecule has 5 fully saturated rings. The van der Waals surface area contributed by atoms with E-state index in [0.29, 0.717) is 44.9 Å². The van der Waals surface area contributed by atoms with Crippen LogP contribution in [0.15, 0.2) is 11.6 Å². The van der Waals surface area contributed by atoms with Gasteiger partial charge in [0.15, 0.2) is 6.29 Å². The summed E-state index contributed by atoms with van der Waals surface area (Å²) in [5.41, 5.74) is -1.89. The largest absolute Gasteiger partial charge is 0.458 e. The molecule has 0 amide bonds. The predicted molar refractivity (Wildman–Crippen MR) is 136 cm³/mol. The van der Waals surface area contributed by atoms with Crippen molar-refractivity contribution in [2.75, 3.05) is 13.2 Å². The third-order valence-corrected chi connectivity index (χ3v) is 11.9. The Morgan fingerprint density at radius 1 is 1.02 bits per heavy atom. The summed E-state index contributed by atoms with van der Waals surface area (Å²) in [6.45, 7) is 1.66. The van der Waals surface area contributed by atoms with Gasteiger partial charge in [0, 0.05) is 16.9 Å². The summed E-state index contributed by atoms with van der Waals surface area (Å²) in [5.74, 6) is -0.971. The van der Waals surface area contributed by atoms with E-state index in [9.17, 15) is 40.2 Å². The van der Waals surface area contributed by atoms with E-state index in [0.717, 1.165) is 18.3 Å². The maximum Gasteiger partial charge on any atom is 0.331 e. The summed E-state index contributed by atoms with van der Waals surface area (Å²) in [7, 11) is 0. The molecule has 0 spiro atoms. The van der Waals surface area contributed by atoms with Gasteiger partial charge in [-0.1, -0.05) is 6.92 Å². The van der Waals surface area contributed by atoms with Crippen molar-refractivity contribution in [2.24, 2.45) is 34.5 Å². The van der Waals surface area contributed by atoms with Crippen LogP contribution in [0.4, 0.5) is 0 Å². The third-order valence-electron chi connectivity index (χ3n) is 11.9. The molecule has 0 unspecified atom stereocenters. The highest BCUT2D eigenvalue weighted by atomic mass is 16.7.